The molecule has 0 fully saturated rings. The summed E-state index contributed by atoms with van der Waals surface area (Å²) in [5.74, 6) is 0.288. The first-order chi connectivity index (χ1) is 10.7. The molecule has 0 saturated heterocycles. The molecule has 5 nitrogen and oxygen atoms in total. The van der Waals surface area contributed by atoms with Gasteiger partial charge in [0.1, 0.15) is 12.1 Å². The number of aromatic nitrogens is 2. The summed E-state index contributed by atoms with van der Waals surface area (Å²) in [5, 5.41) is 3.64. The van der Waals surface area contributed by atoms with E-state index in [4.69, 9.17) is 16.3 Å². The van der Waals surface area contributed by atoms with E-state index in [0.29, 0.717) is 17.4 Å². The summed E-state index contributed by atoms with van der Waals surface area (Å²) in [5.41, 5.74) is 1.71. The number of nitrogens with zero attached hydrogens (tertiary/aromatic N) is 2. The van der Waals surface area contributed by atoms with Gasteiger partial charge in [-0.05, 0) is 13.0 Å². The number of fused-ring (bicyclic) bond motifs is 1. The summed E-state index contributed by atoms with van der Waals surface area (Å²) in [7, 11) is 0. The Bertz CT molecular complexity index is 678. The molecule has 1 aliphatic rings. The number of ether oxygens (including phenoxy) is 1. The van der Waals surface area contributed by atoms with Gasteiger partial charge in [-0.15, -0.1) is 0 Å². The van der Waals surface area contributed by atoms with Gasteiger partial charge in [-0.3, -0.25) is 4.79 Å². The molecule has 22 heavy (non-hydrogen) atoms. The zero-order valence-corrected chi connectivity index (χ0v) is 12.9. The Morgan fingerprint density at radius 3 is 2.95 bits per heavy atom. The Balaban J connectivity index is 1.77. The first-order valence-corrected chi connectivity index (χ1v) is 7.51. The van der Waals surface area contributed by atoms with E-state index in [1.807, 2.05) is 19.1 Å². The zero-order chi connectivity index (χ0) is 15.5. The molecule has 1 amide bonds. The van der Waals surface area contributed by atoms with Gasteiger partial charge < -0.3 is 10.1 Å². The van der Waals surface area contributed by atoms with Gasteiger partial charge in [0.2, 0.25) is 5.91 Å². The lowest BCUT2D eigenvalue weighted by Gasteiger charge is -2.28. The van der Waals surface area contributed by atoms with E-state index in [9.17, 15) is 4.79 Å². The Labute approximate surface area is 133 Å². The summed E-state index contributed by atoms with van der Waals surface area (Å²) < 4.78 is 5.61. The molecule has 1 N–H and O–H groups in total. The summed E-state index contributed by atoms with van der Waals surface area (Å²) >= 11 is 6.15. The Morgan fingerprint density at radius 1 is 1.41 bits per heavy atom. The lowest BCUT2D eigenvalue weighted by Crippen LogP contribution is -2.34. The van der Waals surface area contributed by atoms with Crippen molar-refractivity contribution < 1.29 is 9.53 Å². The van der Waals surface area contributed by atoms with E-state index in [1.54, 1.807) is 18.5 Å². The van der Waals surface area contributed by atoms with Crippen molar-refractivity contribution in [3.05, 3.63) is 53.1 Å². The third kappa shape index (κ3) is 2.90. The molecule has 2 heterocycles. The van der Waals surface area contributed by atoms with Crippen molar-refractivity contribution in [2.45, 2.75) is 25.3 Å². The largest absolute Gasteiger partial charge is 0.492 e. The second kappa shape index (κ2) is 6.32. The van der Waals surface area contributed by atoms with E-state index < -0.39 is 0 Å². The molecule has 0 radical (unpaired) electrons. The van der Waals surface area contributed by atoms with Gasteiger partial charge in [0.15, 0.2) is 0 Å². The number of carbonyl (C=O) groups excluding carboxylic acids is 1. The van der Waals surface area contributed by atoms with Crippen LogP contribution in [0.2, 0.25) is 5.02 Å². The quantitative estimate of drug-likeness (QED) is 0.945. The van der Waals surface area contributed by atoms with Gasteiger partial charge in [-0.1, -0.05) is 23.7 Å². The molecule has 0 saturated carbocycles. The van der Waals surface area contributed by atoms with E-state index in [2.05, 4.69) is 15.3 Å². The smallest absolute Gasteiger partial charge is 0.227 e. The average Bonchev–Trinajstić information content (AvgIpc) is 2.56. The van der Waals surface area contributed by atoms with E-state index in [0.717, 1.165) is 17.5 Å². The molecule has 2 aromatic rings. The first-order valence-electron chi connectivity index (χ1n) is 7.13. The predicted octanol–water partition coefficient (Wildman–Crippen LogP) is 2.87. The molecule has 0 bridgehead atoms. The van der Waals surface area contributed by atoms with Crippen molar-refractivity contribution in [1.29, 1.82) is 0 Å². The molecule has 6 heteroatoms. The van der Waals surface area contributed by atoms with Gasteiger partial charge in [-0.25, -0.2) is 9.97 Å². The minimum Gasteiger partial charge on any atom is -0.492 e. The van der Waals surface area contributed by atoms with Crippen LogP contribution in [0.4, 0.5) is 0 Å². The first kappa shape index (κ1) is 14.8. The monoisotopic (exact) mass is 317 g/mol. The second-order valence-corrected chi connectivity index (χ2v) is 5.66. The standard InChI is InChI=1S/C16H16ClN3O2/c1-10(11-7-18-9-19-8-11)16(21)20-14-5-6-22-15-12(14)3-2-4-13(15)17/h2-4,7-10,14H,5-6H2,1H3,(H,20,21)/t10-,14+/m0/s1. The molecule has 0 unspecified atom stereocenters. The fraction of sp³-hybridized carbons (Fsp3) is 0.312. The molecule has 1 aromatic carbocycles. The molecule has 1 aliphatic heterocycles. The maximum atomic E-state index is 12.5. The number of hydrogen-bond donors (Lipinski definition) is 1. The van der Waals surface area contributed by atoms with Crippen LogP contribution < -0.4 is 10.1 Å². The molecule has 114 valence electrons. The number of halogens is 1. The highest BCUT2D eigenvalue weighted by atomic mass is 35.5. The van der Waals surface area contributed by atoms with Crippen LogP contribution in [0.25, 0.3) is 0 Å². The van der Waals surface area contributed by atoms with Crippen molar-refractivity contribution in [2.75, 3.05) is 6.61 Å². The molecule has 3 rings (SSSR count). The topological polar surface area (TPSA) is 64.1 Å². The number of hydrogen-bond acceptors (Lipinski definition) is 4. The summed E-state index contributed by atoms with van der Waals surface area (Å²) in [6.45, 7) is 2.37. The third-order valence-corrected chi connectivity index (χ3v) is 4.11. The van der Waals surface area contributed by atoms with Gasteiger partial charge in [0.25, 0.3) is 0 Å². The fourth-order valence-electron chi connectivity index (χ4n) is 2.52. The Kier molecular flexibility index (Phi) is 4.24. The van der Waals surface area contributed by atoms with E-state index in [1.165, 1.54) is 6.33 Å². The zero-order valence-electron chi connectivity index (χ0n) is 12.1. The van der Waals surface area contributed by atoms with Crippen LogP contribution in [-0.4, -0.2) is 22.5 Å². The van der Waals surface area contributed by atoms with E-state index in [-0.39, 0.29) is 17.9 Å². The highest BCUT2D eigenvalue weighted by Crippen LogP contribution is 2.37. The molecule has 1 aromatic heterocycles. The lowest BCUT2D eigenvalue weighted by atomic mass is 9.98. The van der Waals surface area contributed by atoms with Gasteiger partial charge in [-0.2, -0.15) is 0 Å². The van der Waals surface area contributed by atoms with Crippen molar-refractivity contribution in [1.82, 2.24) is 15.3 Å². The van der Waals surface area contributed by atoms with Crippen LogP contribution in [0.15, 0.2) is 36.9 Å². The normalized spacial score (nSPS) is 18.0. The van der Waals surface area contributed by atoms with Crippen LogP contribution in [0, 0.1) is 0 Å². The maximum absolute atomic E-state index is 12.5. The van der Waals surface area contributed by atoms with Crippen molar-refractivity contribution in [2.24, 2.45) is 0 Å². The lowest BCUT2D eigenvalue weighted by molar-refractivity contribution is -0.123. The third-order valence-electron chi connectivity index (χ3n) is 3.82. The number of carbonyl (C=O) groups is 1. The van der Waals surface area contributed by atoms with Crippen molar-refractivity contribution in [3.8, 4) is 5.75 Å². The van der Waals surface area contributed by atoms with E-state index >= 15 is 0 Å². The number of para-hydroxylation sites is 1. The van der Waals surface area contributed by atoms with Gasteiger partial charge in [0, 0.05) is 29.9 Å². The van der Waals surface area contributed by atoms with Crippen LogP contribution >= 0.6 is 11.6 Å². The van der Waals surface area contributed by atoms with Crippen molar-refractivity contribution >= 4 is 17.5 Å². The Morgan fingerprint density at radius 2 is 2.18 bits per heavy atom. The molecule has 2 atom stereocenters. The van der Waals surface area contributed by atoms with Crippen LogP contribution in [0.3, 0.4) is 0 Å². The molecule has 0 spiro atoms. The van der Waals surface area contributed by atoms with Crippen LogP contribution in [0.1, 0.15) is 36.4 Å². The number of benzene rings is 1. The highest BCUT2D eigenvalue weighted by molar-refractivity contribution is 6.32. The predicted molar refractivity (Wildman–Crippen MR) is 82.9 cm³/mol. The second-order valence-electron chi connectivity index (χ2n) is 5.25. The average molecular weight is 318 g/mol. The van der Waals surface area contributed by atoms with Crippen LogP contribution in [0.5, 0.6) is 5.75 Å². The van der Waals surface area contributed by atoms with Crippen LogP contribution in [-0.2, 0) is 4.79 Å². The minimum atomic E-state index is -0.313. The summed E-state index contributed by atoms with van der Waals surface area (Å²) in [4.78, 5) is 20.4. The van der Waals surface area contributed by atoms with Crippen molar-refractivity contribution in [3.63, 3.8) is 0 Å². The summed E-state index contributed by atoms with van der Waals surface area (Å²) in [6, 6.07) is 5.49. The number of rotatable bonds is 3. The minimum absolute atomic E-state index is 0.0624. The maximum Gasteiger partial charge on any atom is 0.227 e. The summed E-state index contributed by atoms with van der Waals surface area (Å²) in [6.07, 6.45) is 5.49. The van der Waals surface area contributed by atoms with Gasteiger partial charge >= 0.3 is 0 Å². The molecule has 0 aliphatic carbocycles. The fourth-order valence-corrected chi connectivity index (χ4v) is 2.76. The number of nitrogens with one attached hydrogen (secondary N) is 1. The SMILES string of the molecule is C[C@H](C(=O)N[C@@H]1CCOc2c(Cl)cccc21)c1cncnc1. The Hall–Kier alpha value is -2.14. The highest BCUT2D eigenvalue weighted by Gasteiger charge is 2.26. The van der Waals surface area contributed by atoms with Gasteiger partial charge in [0.05, 0.1) is 23.6 Å². The molecular formula is C16H16ClN3O2. The molecular weight excluding hydrogens is 302 g/mol. The number of amides is 1.